The molecule has 3 fully saturated rings. The highest BCUT2D eigenvalue weighted by molar-refractivity contribution is 6.43. The van der Waals surface area contributed by atoms with E-state index in [0.29, 0.717) is 42.7 Å². The highest BCUT2D eigenvalue weighted by Crippen LogP contribution is 2.47. The maximum Gasteiger partial charge on any atom is 0.361 e. The molecule has 286 valence electrons. The van der Waals surface area contributed by atoms with E-state index in [0.717, 1.165) is 12.0 Å². The number of fused-ring (bicyclic) bond motifs is 2. The van der Waals surface area contributed by atoms with E-state index in [4.69, 9.17) is 28.5 Å². The van der Waals surface area contributed by atoms with Gasteiger partial charge in [-0.3, -0.25) is 0 Å². The molecule has 1 aromatic rings. The van der Waals surface area contributed by atoms with Gasteiger partial charge in [-0.2, -0.15) is 0 Å². The molecule has 2 bridgehead atoms. The van der Waals surface area contributed by atoms with Crippen LogP contribution in [-0.4, -0.2) is 89.6 Å². The second-order valence-electron chi connectivity index (χ2n) is 15.5. The van der Waals surface area contributed by atoms with Crippen molar-refractivity contribution in [2.75, 3.05) is 13.7 Å². The number of aliphatic hydroxyl groups is 2. The zero-order chi connectivity index (χ0) is 38.1. The van der Waals surface area contributed by atoms with Crippen LogP contribution in [0, 0.1) is 17.8 Å². The number of aliphatic hydroxyl groups excluding tert-OH is 1. The third-order valence-corrected chi connectivity index (χ3v) is 11.2. The summed E-state index contributed by atoms with van der Waals surface area (Å²) in [5.41, 5.74) is -0.0175. The van der Waals surface area contributed by atoms with Gasteiger partial charge in [0.1, 0.15) is 37.1 Å². The molecule has 2 N–H and O–H groups in total. The van der Waals surface area contributed by atoms with Crippen LogP contribution in [0.15, 0.2) is 94.7 Å². The summed E-state index contributed by atoms with van der Waals surface area (Å²) in [6, 6.07) is 8.97. The van der Waals surface area contributed by atoms with E-state index in [1.807, 2.05) is 32.1 Å². The van der Waals surface area contributed by atoms with Gasteiger partial charge in [0.2, 0.25) is 0 Å². The molecule has 4 aliphatic heterocycles. The fraction of sp³-hybridized carbons (Fsp3) is 0.548. The summed E-state index contributed by atoms with van der Waals surface area (Å²) >= 11 is 0. The fourth-order valence-corrected chi connectivity index (χ4v) is 8.40. The molecule has 4 heterocycles. The van der Waals surface area contributed by atoms with Crippen LogP contribution in [0.1, 0.15) is 72.3 Å². The molecule has 1 spiro atoms. The first kappa shape index (κ1) is 38.8. The first-order valence-electron chi connectivity index (χ1n) is 18.7. The molecular weight excluding hydrogens is 678 g/mol. The molecule has 0 radical (unpaired) electrons. The fourth-order valence-electron chi connectivity index (χ4n) is 8.40. The molecule has 5 aliphatic rings. The van der Waals surface area contributed by atoms with Crippen molar-refractivity contribution in [1.29, 1.82) is 0 Å². The van der Waals surface area contributed by atoms with E-state index >= 15 is 0 Å². The van der Waals surface area contributed by atoms with Crippen LogP contribution in [-0.2, 0) is 38.1 Å². The lowest BCUT2D eigenvalue weighted by Crippen LogP contribution is -2.56. The summed E-state index contributed by atoms with van der Waals surface area (Å²) in [4.78, 5) is 32.9. The van der Waals surface area contributed by atoms with Crippen molar-refractivity contribution in [2.45, 2.75) is 115 Å². The van der Waals surface area contributed by atoms with Crippen molar-refractivity contribution < 1.29 is 48.3 Å². The number of ether oxygens (including phenoxy) is 5. The monoisotopic (exact) mass is 731 g/mol. The number of benzene rings is 1. The molecular formula is C42H53NO10. The van der Waals surface area contributed by atoms with Crippen molar-refractivity contribution >= 4 is 17.7 Å². The average molecular weight is 732 g/mol. The first-order chi connectivity index (χ1) is 25.3. The number of hydrogen-bond donors (Lipinski definition) is 2. The molecule has 10 atom stereocenters. The van der Waals surface area contributed by atoms with Crippen LogP contribution in [0.3, 0.4) is 0 Å². The molecule has 0 amide bonds. The molecule has 6 rings (SSSR count). The molecule has 0 aromatic heterocycles. The number of carbonyl (C=O) groups is 2. The lowest BCUT2D eigenvalue weighted by molar-refractivity contribution is -0.339. The molecule has 2 unspecified atom stereocenters. The number of rotatable bonds is 5. The topological polar surface area (TPSA) is 142 Å². The summed E-state index contributed by atoms with van der Waals surface area (Å²) in [7, 11) is 1.38. The number of oxime groups is 1. The van der Waals surface area contributed by atoms with Gasteiger partial charge in [0.25, 0.3) is 0 Å². The highest BCUT2D eigenvalue weighted by Gasteiger charge is 2.58. The van der Waals surface area contributed by atoms with Gasteiger partial charge in [-0.05, 0) is 54.4 Å². The number of carbonyl (C=O) groups excluding carboxylic acids is 2. The van der Waals surface area contributed by atoms with E-state index in [-0.39, 0.29) is 41.4 Å². The van der Waals surface area contributed by atoms with Crippen LogP contribution < -0.4 is 0 Å². The normalized spacial score (nSPS) is 39.2. The first-order valence-corrected chi connectivity index (χ1v) is 18.7. The van der Waals surface area contributed by atoms with E-state index in [1.165, 1.54) is 13.2 Å². The molecule has 53 heavy (non-hydrogen) atoms. The summed E-state index contributed by atoms with van der Waals surface area (Å²) in [6.07, 6.45) is 7.18. The summed E-state index contributed by atoms with van der Waals surface area (Å²) in [5.74, 6) is -2.12. The SMILES string of the molecule is C=C1C=C2C(=O)O[C@H]3C[C@@H](C/C=C(\C)[C@H](OC(=O)C(=NOC)c4ccccc4)[C@@H](C)/C=C/C=C4\COC([C@@H]1O)[C@]24O)OC1(CC[C@H](C)[C@@H](C(C)C)O1)C3. The summed E-state index contributed by atoms with van der Waals surface area (Å²) < 4.78 is 32.0. The maximum atomic E-state index is 14.1. The third-order valence-electron chi connectivity index (χ3n) is 11.2. The van der Waals surface area contributed by atoms with Gasteiger partial charge >= 0.3 is 11.9 Å². The quantitative estimate of drug-likeness (QED) is 0.169. The minimum absolute atomic E-state index is 0.0325. The minimum Gasteiger partial charge on any atom is -0.459 e. The Morgan fingerprint density at radius 2 is 1.89 bits per heavy atom. The van der Waals surface area contributed by atoms with Crippen LogP contribution >= 0.6 is 0 Å². The van der Waals surface area contributed by atoms with Crippen molar-refractivity contribution in [3.05, 3.63) is 95.1 Å². The van der Waals surface area contributed by atoms with Crippen molar-refractivity contribution in [3.8, 4) is 0 Å². The van der Waals surface area contributed by atoms with Crippen molar-refractivity contribution in [1.82, 2.24) is 0 Å². The Labute approximate surface area is 312 Å². The molecule has 1 aromatic carbocycles. The van der Waals surface area contributed by atoms with Gasteiger partial charge in [-0.15, -0.1) is 0 Å². The van der Waals surface area contributed by atoms with Gasteiger partial charge in [0, 0.05) is 30.7 Å². The molecule has 0 saturated carbocycles. The second-order valence-corrected chi connectivity index (χ2v) is 15.5. The summed E-state index contributed by atoms with van der Waals surface area (Å²) in [5, 5.41) is 27.3. The standard InChI is InChI=1S/C42H53NO10/c1-24(2)36-27(5)18-19-41(53-36)22-32-21-31(52-41)17-16-26(4)37(51-40(46)34(43-48-7)29-13-9-8-10-14-29)25(3)12-11-15-30-23-49-38-35(44)28(6)20-33(39(45)50-32)42(30,38)47/h8-16,20,24-25,27,31-32,35-38,44,47H,6,17-19,21-23H2,1-5,7H3/b12-11+,26-16+,30-15+,43-34?/t25-,27-,31+,32-,35+,36+,37+,38?,41?,42+/m0/s1. The Balaban J connectivity index is 1.40. The van der Waals surface area contributed by atoms with E-state index in [9.17, 15) is 19.8 Å². The van der Waals surface area contributed by atoms with E-state index in [1.54, 1.807) is 36.4 Å². The highest BCUT2D eigenvalue weighted by atomic mass is 16.7. The van der Waals surface area contributed by atoms with Gasteiger partial charge in [0.15, 0.2) is 11.5 Å². The van der Waals surface area contributed by atoms with Gasteiger partial charge in [0.05, 0.1) is 24.4 Å². The van der Waals surface area contributed by atoms with Crippen LogP contribution in [0.4, 0.5) is 0 Å². The Morgan fingerprint density at radius 1 is 1.13 bits per heavy atom. The smallest absolute Gasteiger partial charge is 0.361 e. The molecule has 11 nitrogen and oxygen atoms in total. The van der Waals surface area contributed by atoms with E-state index in [2.05, 4.69) is 32.5 Å². The van der Waals surface area contributed by atoms with Gasteiger partial charge in [-0.25, -0.2) is 9.59 Å². The Morgan fingerprint density at radius 3 is 2.60 bits per heavy atom. The summed E-state index contributed by atoms with van der Waals surface area (Å²) in [6.45, 7) is 14.2. The maximum absolute atomic E-state index is 14.1. The molecule has 11 heteroatoms. The van der Waals surface area contributed by atoms with Crippen LogP contribution in [0.25, 0.3) is 0 Å². The van der Waals surface area contributed by atoms with Crippen molar-refractivity contribution in [2.24, 2.45) is 22.9 Å². The third kappa shape index (κ3) is 7.86. The van der Waals surface area contributed by atoms with Gasteiger partial charge in [-0.1, -0.05) is 94.1 Å². The number of hydrogen-bond acceptors (Lipinski definition) is 11. The lowest BCUT2D eigenvalue weighted by Gasteiger charge is -2.50. The zero-order valence-corrected chi connectivity index (χ0v) is 31.5. The number of allylic oxidation sites excluding steroid dienone is 2. The van der Waals surface area contributed by atoms with E-state index < -0.39 is 53.8 Å². The predicted octanol–water partition coefficient (Wildman–Crippen LogP) is 5.66. The lowest BCUT2D eigenvalue weighted by atomic mass is 9.74. The minimum atomic E-state index is -1.97. The predicted molar refractivity (Wildman–Crippen MR) is 197 cm³/mol. The zero-order valence-electron chi connectivity index (χ0n) is 31.5. The van der Waals surface area contributed by atoms with Crippen LogP contribution in [0.2, 0.25) is 0 Å². The van der Waals surface area contributed by atoms with Crippen molar-refractivity contribution in [3.63, 3.8) is 0 Å². The second kappa shape index (κ2) is 15.8. The Hall–Kier alpha value is -3.87. The molecule has 3 saturated heterocycles. The Bertz CT molecular complexity index is 1710. The average Bonchev–Trinajstić information content (AvgIpc) is 3.47. The largest absolute Gasteiger partial charge is 0.459 e. The molecule has 1 aliphatic carbocycles. The number of nitrogens with zero attached hydrogens (tertiary/aromatic N) is 1. The number of esters is 2. The van der Waals surface area contributed by atoms with Gasteiger partial charge < -0.3 is 38.7 Å². The van der Waals surface area contributed by atoms with Crippen LogP contribution in [0.5, 0.6) is 0 Å². The Kier molecular flexibility index (Phi) is 11.6.